The van der Waals surface area contributed by atoms with E-state index in [4.69, 9.17) is 0 Å². The number of hydrogen-bond acceptors (Lipinski definition) is 2. The molecule has 134 valence electrons. The number of rotatable bonds is 3. The molecular formula is C21H21FN2O2. The van der Waals surface area contributed by atoms with E-state index in [9.17, 15) is 14.0 Å². The molecule has 1 aliphatic carbocycles. The van der Waals surface area contributed by atoms with Crippen molar-refractivity contribution in [2.45, 2.75) is 25.7 Å². The molecule has 0 unspecified atom stereocenters. The van der Waals surface area contributed by atoms with Gasteiger partial charge in [0.25, 0.3) is 5.91 Å². The fourth-order valence-corrected chi connectivity index (χ4v) is 3.29. The molecule has 2 amide bonds. The molecule has 0 aliphatic heterocycles. The number of hydrogen-bond donors (Lipinski definition) is 2. The lowest BCUT2D eigenvalue weighted by atomic mass is 9.75. The van der Waals surface area contributed by atoms with Crippen LogP contribution in [0.5, 0.6) is 0 Å². The molecule has 2 atom stereocenters. The molecule has 3 rings (SSSR count). The van der Waals surface area contributed by atoms with E-state index < -0.39 is 0 Å². The molecule has 0 spiro atoms. The third-order valence-electron chi connectivity index (χ3n) is 4.72. The summed E-state index contributed by atoms with van der Waals surface area (Å²) in [5, 5.41) is 0. The molecule has 2 aromatic carbocycles. The average Bonchev–Trinajstić information content (AvgIpc) is 2.67. The van der Waals surface area contributed by atoms with E-state index in [1.54, 1.807) is 36.4 Å². The van der Waals surface area contributed by atoms with Crippen LogP contribution in [-0.2, 0) is 4.79 Å². The van der Waals surface area contributed by atoms with E-state index in [0.29, 0.717) is 12.0 Å². The Kier molecular flexibility index (Phi) is 5.46. The Bertz CT molecular complexity index is 816. The van der Waals surface area contributed by atoms with E-state index in [1.807, 2.05) is 19.1 Å². The number of halogens is 1. The minimum Gasteiger partial charge on any atom is -0.273 e. The van der Waals surface area contributed by atoms with E-state index in [0.717, 1.165) is 12.0 Å². The molecule has 26 heavy (non-hydrogen) atoms. The highest BCUT2D eigenvalue weighted by atomic mass is 19.1. The van der Waals surface area contributed by atoms with Gasteiger partial charge < -0.3 is 0 Å². The number of amides is 2. The largest absolute Gasteiger partial charge is 0.273 e. The van der Waals surface area contributed by atoms with E-state index >= 15 is 0 Å². The maximum absolute atomic E-state index is 13.2. The molecule has 0 saturated heterocycles. The van der Waals surface area contributed by atoms with Crippen molar-refractivity contribution in [1.29, 1.82) is 0 Å². The Morgan fingerprint density at radius 3 is 2.38 bits per heavy atom. The first-order valence-corrected chi connectivity index (χ1v) is 8.61. The third kappa shape index (κ3) is 4.17. The van der Waals surface area contributed by atoms with Gasteiger partial charge in [-0.05, 0) is 55.5 Å². The van der Waals surface area contributed by atoms with Gasteiger partial charge in [-0.2, -0.15) is 0 Å². The van der Waals surface area contributed by atoms with Crippen LogP contribution < -0.4 is 10.9 Å². The molecule has 0 aromatic heterocycles. The summed E-state index contributed by atoms with van der Waals surface area (Å²) in [7, 11) is 0. The van der Waals surface area contributed by atoms with Gasteiger partial charge in [0.2, 0.25) is 5.91 Å². The van der Waals surface area contributed by atoms with Gasteiger partial charge >= 0.3 is 0 Å². The predicted octanol–water partition coefficient (Wildman–Crippen LogP) is 3.73. The number of carbonyl (C=O) groups is 2. The van der Waals surface area contributed by atoms with Crippen molar-refractivity contribution >= 4 is 11.8 Å². The van der Waals surface area contributed by atoms with Crippen molar-refractivity contribution < 1.29 is 14.0 Å². The summed E-state index contributed by atoms with van der Waals surface area (Å²) in [5.41, 5.74) is 7.61. The molecule has 1 aliphatic rings. The lowest BCUT2D eigenvalue weighted by Crippen LogP contribution is -2.46. The first kappa shape index (κ1) is 17.9. The molecular weight excluding hydrogens is 331 g/mol. The van der Waals surface area contributed by atoms with Crippen LogP contribution in [0.15, 0.2) is 66.2 Å². The number of allylic oxidation sites excluding steroid dienone is 2. The second kappa shape index (κ2) is 7.95. The van der Waals surface area contributed by atoms with E-state index in [-0.39, 0.29) is 29.5 Å². The van der Waals surface area contributed by atoms with E-state index in [1.165, 1.54) is 17.7 Å². The standard InChI is InChI=1S/C21H21FN2O2/c1-14-7-12-18(19(13-14)15-8-10-17(22)11-9-15)21(26)24-23-20(25)16-5-3-2-4-6-16/h2-11,18-19H,12-13H2,1H3,(H,23,25)(H,24,26)/t18-,19-/m1/s1. The minimum absolute atomic E-state index is 0.0470. The van der Waals surface area contributed by atoms with Gasteiger partial charge in [-0.3, -0.25) is 20.4 Å². The fourth-order valence-electron chi connectivity index (χ4n) is 3.29. The maximum Gasteiger partial charge on any atom is 0.269 e. The highest BCUT2D eigenvalue weighted by Crippen LogP contribution is 2.37. The molecule has 0 fully saturated rings. The molecule has 0 saturated carbocycles. The van der Waals surface area contributed by atoms with Crippen molar-refractivity contribution in [2.75, 3.05) is 0 Å². The van der Waals surface area contributed by atoms with Crippen molar-refractivity contribution in [3.8, 4) is 0 Å². The monoisotopic (exact) mass is 352 g/mol. The highest BCUT2D eigenvalue weighted by Gasteiger charge is 2.32. The lowest BCUT2D eigenvalue weighted by molar-refractivity contribution is -0.126. The molecule has 0 bridgehead atoms. The first-order chi connectivity index (χ1) is 12.5. The van der Waals surface area contributed by atoms with Gasteiger partial charge in [0.15, 0.2) is 0 Å². The topological polar surface area (TPSA) is 58.2 Å². The molecule has 4 nitrogen and oxygen atoms in total. The zero-order chi connectivity index (χ0) is 18.5. The number of benzene rings is 2. The minimum atomic E-state index is -0.361. The molecule has 2 N–H and O–H groups in total. The van der Waals surface area contributed by atoms with Gasteiger partial charge in [0, 0.05) is 5.56 Å². The normalized spacial score (nSPS) is 19.4. The number of hydrazine groups is 1. The molecule has 0 radical (unpaired) electrons. The predicted molar refractivity (Wildman–Crippen MR) is 97.7 cm³/mol. The summed E-state index contributed by atoms with van der Waals surface area (Å²) in [6.07, 6.45) is 3.36. The van der Waals surface area contributed by atoms with Crippen LogP contribution in [-0.4, -0.2) is 11.8 Å². The average molecular weight is 352 g/mol. The van der Waals surface area contributed by atoms with Crippen molar-refractivity contribution in [1.82, 2.24) is 10.9 Å². The summed E-state index contributed by atoms with van der Waals surface area (Å²) < 4.78 is 13.2. The van der Waals surface area contributed by atoms with Gasteiger partial charge in [-0.15, -0.1) is 0 Å². The number of nitrogens with one attached hydrogen (secondary N) is 2. The second-order valence-electron chi connectivity index (χ2n) is 6.56. The SMILES string of the molecule is CC1=CC[C@@H](C(=O)NNC(=O)c2ccccc2)[C@@H](c2ccc(F)cc2)C1. The van der Waals surface area contributed by atoms with Crippen LogP contribution in [0.1, 0.15) is 41.6 Å². The van der Waals surface area contributed by atoms with E-state index in [2.05, 4.69) is 10.9 Å². The quantitative estimate of drug-likeness (QED) is 0.653. The van der Waals surface area contributed by atoms with Gasteiger partial charge in [-0.1, -0.05) is 42.0 Å². The molecule has 0 heterocycles. The van der Waals surface area contributed by atoms with Gasteiger partial charge in [0.05, 0.1) is 5.92 Å². The van der Waals surface area contributed by atoms with Crippen molar-refractivity contribution in [3.63, 3.8) is 0 Å². The molecule has 2 aromatic rings. The Morgan fingerprint density at radius 2 is 1.69 bits per heavy atom. The van der Waals surface area contributed by atoms with Crippen LogP contribution in [0.2, 0.25) is 0 Å². The molecule has 5 heteroatoms. The Hall–Kier alpha value is -2.95. The van der Waals surface area contributed by atoms with Crippen molar-refractivity contribution in [2.24, 2.45) is 5.92 Å². The van der Waals surface area contributed by atoms with Crippen molar-refractivity contribution in [3.05, 3.63) is 83.2 Å². The van der Waals surface area contributed by atoms with Gasteiger partial charge in [-0.25, -0.2) is 4.39 Å². The van der Waals surface area contributed by atoms with Crippen LogP contribution in [0.4, 0.5) is 4.39 Å². The van der Waals surface area contributed by atoms with Crippen LogP contribution in [0.25, 0.3) is 0 Å². The zero-order valence-corrected chi connectivity index (χ0v) is 14.5. The summed E-state index contributed by atoms with van der Waals surface area (Å²) >= 11 is 0. The second-order valence-corrected chi connectivity index (χ2v) is 6.56. The first-order valence-electron chi connectivity index (χ1n) is 8.61. The summed E-state index contributed by atoms with van der Waals surface area (Å²) in [4.78, 5) is 24.8. The van der Waals surface area contributed by atoms with Gasteiger partial charge in [0.1, 0.15) is 5.82 Å². The third-order valence-corrected chi connectivity index (χ3v) is 4.72. The fraction of sp³-hybridized carbons (Fsp3) is 0.238. The smallest absolute Gasteiger partial charge is 0.269 e. The summed E-state index contributed by atoms with van der Waals surface area (Å²) in [5.74, 6) is -1.27. The lowest BCUT2D eigenvalue weighted by Gasteiger charge is -2.30. The van der Waals surface area contributed by atoms with Crippen LogP contribution in [0.3, 0.4) is 0 Å². The summed E-state index contributed by atoms with van der Waals surface area (Å²) in [6.45, 7) is 2.03. The Balaban J connectivity index is 1.69. The van der Waals surface area contributed by atoms with Crippen LogP contribution >= 0.6 is 0 Å². The zero-order valence-electron chi connectivity index (χ0n) is 14.5. The highest BCUT2D eigenvalue weighted by molar-refractivity contribution is 5.95. The van der Waals surface area contributed by atoms with Crippen LogP contribution in [0, 0.1) is 11.7 Å². The Morgan fingerprint density at radius 1 is 1.00 bits per heavy atom. The Labute approximate surface area is 152 Å². The maximum atomic E-state index is 13.2. The summed E-state index contributed by atoms with van der Waals surface area (Å²) in [6, 6.07) is 15.0. The number of carbonyl (C=O) groups excluding carboxylic acids is 2.